The molecule has 24 heavy (non-hydrogen) atoms. The van der Waals surface area contributed by atoms with Gasteiger partial charge in [0, 0.05) is 51.5 Å². The van der Waals surface area contributed by atoms with Crippen molar-refractivity contribution in [1.29, 1.82) is 0 Å². The van der Waals surface area contributed by atoms with Crippen LogP contribution in [0.3, 0.4) is 0 Å². The average molecular weight is 330 g/mol. The molecule has 3 aliphatic rings. The summed E-state index contributed by atoms with van der Waals surface area (Å²) in [5.41, 5.74) is 8.18. The largest absolute Gasteiger partial charge is 0.381 e. The van der Waals surface area contributed by atoms with Gasteiger partial charge in [0.15, 0.2) is 0 Å². The van der Waals surface area contributed by atoms with Gasteiger partial charge in [-0.3, -0.25) is 4.90 Å². The van der Waals surface area contributed by atoms with E-state index in [1.807, 2.05) is 15.9 Å². The molecule has 1 aromatic rings. The van der Waals surface area contributed by atoms with Gasteiger partial charge in [0.2, 0.25) is 0 Å². The minimum atomic E-state index is 0.0991. The summed E-state index contributed by atoms with van der Waals surface area (Å²) in [7, 11) is 0. The summed E-state index contributed by atoms with van der Waals surface area (Å²) < 4.78 is 5.51. The topological polar surface area (TPSA) is 62.0 Å². The van der Waals surface area contributed by atoms with Crippen molar-refractivity contribution in [2.75, 3.05) is 49.2 Å². The van der Waals surface area contributed by atoms with E-state index in [0.29, 0.717) is 12.6 Å². The highest BCUT2D eigenvalue weighted by Crippen LogP contribution is 2.36. The number of para-hydroxylation sites is 2. The van der Waals surface area contributed by atoms with Crippen LogP contribution in [0.15, 0.2) is 24.3 Å². The molecule has 130 valence electrons. The molecule has 1 aromatic carbocycles. The van der Waals surface area contributed by atoms with E-state index in [9.17, 15) is 4.79 Å². The molecule has 0 spiro atoms. The molecule has 0 unspecified atom stereocenters. The van der Waals surface area contributed by atoms with Crippen molar-refractivity contribution in [3.05, 3.63) is 24.3 Å². The minimum Gasteiger partial charge on any atom is -0.381 e. The Labute approximate surface area is 143 Å². The van der Waals surface area contributed by atoms with E-state index >= 15 is 0 Å². The van der Waals surface area contributed by atoms with Gasteiger partial charge in [0.05, 0.1) is 11.4 Å². The van der Waals surface area contributed by atoms with Crippen molar-refractivity contribution < 1.29 is 9.53 Å². The highest BCUT2D eigenvalue weighted by Gasteiger charge is 2.34. The summed E-state index contributed by atoms with van der Waals surface area (Å²) in [5, 5.41) is 0. The molecule has 0 radical (unpaired) electrons. The summed E-state index contributed by atoms with van der Waals surface area (Å²) >= 11 is 0. The monoisotopic (exact) mass is 330 g/mol. The van der Waals surface area contributed by atoms with Crippen molar-refractivity contribution in [1.82, 2.24) is 4.90 Å². The first kappa shape index (κ1) is 15.7. The van der Waals surface area contributed by atoms with Crippen LogP contribution in [0.1, 0.15) is 19.3 Å². The molecule has 2 N–H and O–H groups in total. The van der Waals surface area contributed by atoms with Crippen LogP contribution in [0.4, 0.5) is 16.2 Å². The molecule has 6 nitrogen and oxygen atoms in total. The SMILES string of the molecule is N[C@H]1CCN(C(=O)N2CCN(C3CCOCC3)c3ccccc32)C1. The van der Waals surface area contributed by atoms with Gasteiger partial charge < -0.3 is 20.3 Å². The fraction of sp³-hybridized carbons (Fsp3) is 0.611. The predicted octanol–water partition coefficient (Wildman–Crippen LogP) is 1.64. The number of anilines is 2. The fourth-order valence-corrected chi connectivity index (χ4v) is 4.09. The van der Waals surface area contributed by atoms with Crippen LogP contribution in [0.25, 0.3) is 0 Å². The third-order valence-electron chi connectivity index (χ3n) is 5.40. The number of benzene rings is 1. The second-order valence-electron chi connectivity index (χ2n) is 6.95. The first-order chi connectivity index (χ1) is 11.7. The second kappa shape index (κ2) is 6.61. The molecule has 3 aliphatic heterocycles. The van der Waals surface area contributed by atoms with Gasteiger partial charge in [-0.05, 0) is 31.4 Å². The zero-order valence-corrected chi connectivity index (χ0v) is 14.1. The first-order valence-electron chi connectivity index (χ1n) is 8.99. The Morgan fingerprint density at radius 1 is 1.04 bits per heavy atom. The standard InChI is InChI=1S/C18H26N4O2/c19-14-5-8-20(13-14)18(23)22-10-9-21(15-6-11-24-12-7-15)16-3-1-2-4-17(16)22/h1-4,14-15H,5-13,19H2/t14-/m0/s1. The van der Waals surface area contributed by atoms with Crippen LogP contribution in [0.5, 0.6) is 0 Å². The normalized spacial score (nSPS) is 25.0. The molecule has 2 fully saturated rings. The number of rotatable bonds is 1. The maximum Gasteiger partial charge on any atom is 0.324 e. The lowest BCUT2D eigenvalue weighted by Crippen LogP contribution is -2.52. The van der Waals surface area contributed by atoms with E-state index in [2.05, 4.69) is 23.1 Å². The van der Waals surface area contributed by atoms with E-state index in [4.69, 9.17) is 10.5 Å². The number of likely N-dealkylation sites (tertiary alicyclic amines) is 1. The number of amides is 2. The van der Waals surface area contributed by atoms with Crippen LogP contribution in [0, 0.1) is 0 Å². The Hall–Kier alpha value is -1.79. The Morgan fingerprint density at radius 3 is 2.50 bits per heavy atom. The average Bonchev–Trinajstić information content (AvgIpc) is 3.07. The Kier molecular flexibility index (Phi) is 4.33. The molecular formula is C18H26N4O2. The third kappa shape index (κ3) is 2.84. The van der Waals surface area contributed by atoms with Gasteiger partial charge >= 0.3 is 6.03 Å². The highest BCUT2D eigenvalue weighted by atomic mass is 16.5. The van der Waals surface area contributed by atoms with E-state index in [-0.39, 0.29) is 12.1 Å². The van der Waals surface area contributed by atoms with Crippen LogP contribution >= 0.6 is 0 Å². The number of nitrogens with zero attached hydrogens (tertiary/aromatic N) is 3. The van der Waals surface area contributed by atoms with Crippen LogP contribution in [-0.4, -0.2) is 62.4 Å². The lowest BCUT2D eigenvalue weighted by molar-refractivity contribution is 0.0843. The summed E-state index contributed by atoms with van der Waals surface area (Å²) in [6.07, 6.45) is 3.02. The molecule has 0 aromatic heterocycles. The zero-order chi connectivity index (χ0) is 16.5. The Bertz CT molecular complexity index is 602. The summed E-state index contributed by atoms with van der Waals surface area (Å²) in [4.78, 5) is 19.2. The Balaban J connectivity index is 1.58. The summed E-state index contributed by atoms with van der Waals surface area (Å²) in [6, 6.07) is 9.01. The van der Waals surface area contributed by atoms with Crippen molar-refractivity contribution in [3.8, 4) is 0 Å². The molecule has 2 saturated heterocycles. The number of urea groups is 1. The number of hydrogen-bond donors (Lipinski definition) is 1. The number of ether oxygens (including phenoxy) is 1. The quantitative estimate of drug-likeness (QED) is 0.850. The van der Waals surface area contributed by atoms with Crippen LogP contribution in [-0.2, 0) is 4.74 Å². The van der Waals surface area contributed by atoms with Gasteiger partial charge in [-0.15, -0.1) is 0 Å². The molecule has 0 aliphatic carbocycles. The van der Waals surface area contributed by atoms with Crippen molar-refractivity contribution in [2.45, 2.75) is 31.3 Å². The van der Waals surface area contributed by atoms with Crippen molar-refractivity contribution in [3.63, 3.8) is 0 Å². The van der Waals surface area contributed by atoms with Crippen molar-refractivity contribution >= 4 is 17.4 Å². The van der Waals surface area contributed by atoms with Gasteiger partial charge in [-0.25, -0.2) is 4.79 Å². The van der Waals surface area contributed by atoms with Crippen molar-refractivity contribution in [2.24, 2.45) is 5.73 Å². The van der Waals surface area contributed by atoms with E-state index in [0.717, 1.165) is 57.8 Å². The van der Waals surface area contributed by atoms with Gasteiger partial charge in [0.25, 0.3) is 0 Å². The molecule has 4 rings (SSSR count). The summed E-state index contributed by atoms with van der Waals surface area (Å²) in [6.45, 7) is 4.71. The lowest BCUT2D eigenvalue weighted by atomic mass is 10.0. The van der Waals surface area contributed by atoms with E-state index < -0.39 is 0 Å². The molecule has 0 saturated carbocycles. The van der Waals surface area contributed by atoms with E-state index in [1.165, 1.54) is 5.69 Å². The predicted molar refractivity (Wildman–Crippen MR) is 94.5 cm³/mol. The van der Waals surface area contributed by atoms with Gasteiger partial charge in [0.1, 0.15) is 0 Å². The lowest BCUT2D eigenvalue weighted by Gasteiger charge is -2.43. The number of carbonyl (C=O) groups is 1. The Morgan fingerprint density at radius 2 is 1.79 bits per heavy atom. The minimum absolute atomic E-state index is 0.0991. The van der Waals surface area contributed by atoms with E-state index in [1.54, 1.807) is 0 Å². The molecule has 3 heterocycles. The maximum absolute atomic E-state index is 12.9. The molecular weight excluding hydrogens is 304 g/mol. The van der Waals surface area contributed by atoms with Crippen LogP contribution in [0.2, 0.25) is 0 Å². The molecule has 1 atom stereocenters. The fourth-order valence-electron chi connectivity index (χ4n) is 4.09. The first-order valence-corrected chi connectivity index (χ1v) is 8.99. The number of fused-ring (bicyclic) bond motifs is 1. The van der Waals surface area contributed by atoms with Gasteiger partial charge in [-0.1, -0.05) is 12.1 Å². The van der Waals surface area contributed by atoms with Crippen LogP contribution < -0.4 is 15.5 Å². The third-order valence-corrected chi connectivity index (χ3v) is 5.40. The maximum atomic E-state index is 12.9. The highest BCUT2D eigenvalue weighted by molar-refractivity contribution is 5.97. The molecule has 6 heteroatoms. The molecule has 2 amide bonds. The second-order valence-corrected chi connectivity index (χ2v) is 6.95. The zero-order valence-electron chi connectivity index (χ0n) is 14.1. The smallest absolute Gasteiger partial charge is 0.324 e. The number of nitrogens with two attached hydrogens (primary N) is 1. The van der Waals surface area contributed by atoms with Gasteiger partial charge in [-0.2, -0.15) is 0 Å². The molecule has 0 bridgehead atoms. The summed E-state index contributed by atoms with van der Waals surface area (Å²) in [5.74, 6) is 0. The number of carbonyl (C=O) groups excluding carboxylic acids is 1. The number of hydrogen-bond acceptors (Lipinski definition) is 4.